The Hall–Kier alpha value is -2.95. The minimum Gasteiger partial charge on any atom is -0.459 e. The standard InChI is InChI=1S/C22H22N2O3/c1-15-23-20-10-6-5-9-19(20)21(25)24(15)17-13-11-16(12-14-17)22(26)27-18-7-3-2-4-8-18/h5-6,9-14,18H,2-4,7-8H2,1H3. The number of carbonyl (C=O) groups excluding carboxylic acids is 1. The van der Waals surface area contributed by atoms with E-state index in [9.17, 15) is 9.59 Å². The predicted octanol–water partition coefficient (Wildman–Crippen LogP) is 4.18. The van der Waals surface area contributed by atoms with Crippen molar-refractivity contribution in [2.24, 2.45) is 0 Å². The topological polar surface area (TPSA) is 61.2 Å². The molecule has 3 aromatic rings. The third kappa shape index (κ3) is 3.50. The molecule has 5 heteroatoms. The van der Waals surface area contributed by atoms with Crippen molar-refractivity contribution in [1.82, 2.24) is 9.55 Å². The van der Waals surface area contributed by atoms with Gasteiger partial charge in [-0.1, -0.05) is 18.6 Å². The van der Waals surface area contributed by atoms with Crippen molar-refractivity contribution in [2.45, 2.75) is 45.1 Å². The summed E-state index contributed by atoms with van der Waals surface area (Å²) in [6.45, 7) is 1.80. The maximum Gasteiger partial charge on any atom is 0.338 e. The molecule has 0 spiro atoms. The summed E-state index contributed by atoms with van der Waals surface area (Å²) in [5.74, 6) is 0.311. The van der Waals surface area contributed by atoms with Crippen LogP contribution in [0.3, 0.4) is 0 Å². The summed E-state index contributed by atoms with van der Waals surface area (Å²) in [6, 6.07) is 14.3. The number of para-hydroxylation sites is 1. The van der Waals surface area contributed by atoms with Gasteiger partial charge in [-0.25, -0.2) is 9.78 Å². The summed E-state index contributed by atoms with van der Waals surface area (Å²) in [5, 5.41) is 0.573. The number of esters is 1. The van der Waals surface area contributed by atoms with E-state index < -0.39 is 0 Å². The molecule has 0 amide bonds. The van der Waals surface area contributed by atoms with Crippen LogP contribution in [0.2, 0.25) is 0 Å². The highest BCUT2D eigenvalue weighted by Gasteiger charge is 2.19. The molecule has 1 saturated carbocycles. The van der Waals surface area contributed by atoms with Crippen LogP contribution >= 0.6 is 0 Å². The molecule has 5 nitrogen and oxygen atoms in total. The fraction of sp³-hybridized carbons (Fsp3) is 0.318. The third-order valence-corrected chi connectivity index (χ3v) is 5.13. The van der Waals surface area contributed by atoms with E-state index in [2.05, 4.69) is 4.98 Å². The van der Waals surface area contributed by atoms with Crippen LogP contribution in [-0.4, -0.2) is 21.6 Å². The molecule has 4 rings (SSSR count). The van der Waals surface area contributed by atoms with E-state index >= 15 is 0 Å². The lowest BCUT2D eigenvalue weighted by atomic mass is 9.98. The minimum atomic E-state index is -0.297. The first-order chi connectivity index (χ1) is 13.1. The Morgan fingerprint density at radius 3 is 2.48 bits per heavy atom. The van der Waals surface area contributed by atoms with Crippen LogP contribution in [0.5, 0.6) is 0 Å². The number of nitrogens with zero attached hydrogens (tertiary/aromatic N) is 2. The van der Waals surface area contributed by atoms with Gasteiger partial charge in [0.25, 0.3) is 5.56 Å². The molecule has 1 heterocycles. The van der Waals surface area contributed by atoms with Crippen LogP contribution in [0, 0.1) is 6.92 Å². The van der Waals surface area contributed by atoms with Gasteiger partial charge in [-0.2, -0.15) is 0 Å². The predicted molar refractivity (Wildman–Crippen MR) is 104 cm³/mol. The maximum absolute atomic E-state index is 12.9. The van der Waals surface area contributed by atoms with Crippen molar-refractivity contribution in [1.29, 1.82) is 0 Å². The van der Waals surface area contributed by atoms with Gasteiger partial charge >= 0.3 is 5.97 Å². The summed E-state index contributed by atoms with van der Waals surface area (Å²) < 4.78 is 7.18. The van der Waals surface area contributed by atoms with Gasteiger partial charge in [0.1, 0.15) is 11.9 Å². The molecule has 1 aliphatic carbocycles. The Morgan fingerprint density at radius 1 is 1.04 bits per heavy atom. The van der Waals surface area contributed by atoms with Crippen molar-refractivity contribution in [2.75, 3.05) is 0 Å². The SMILES string of the molecule is Cc1nc2ccccc2c(=O)n1-c1ccc(C(=O)OC2CCCCC2)cc1. The number of rotatable bonds is 3. The van der Waals surface area contributed by atoms with Gasteiger partial charge in [0.15, 0.2) is 0 Å². The number of hydrogen-bond acceptors (Lipinski definition) is 4. The smallest absolute Gasteiger partial charge is 0.338 e. The van der Waals surface area contributed by atoms with E-state index in [0.29, 0.717) is 28.0 Å². The van der Waals surface area contributed by atoms with Crippen molar-refractivity contribution >= 4 is 16.9 Å². The number of aryl methyl sites for hydroxylation is 1. The minimum absolute atomic E-state index is 0.0282. The molecule has 138 valence electrons. The summed E-state index contributed by atoms with van der Waals surface area (Å²) in [7, 11) is 0. The molecule has 2 aromatic carbocycles. The molecule has 27 heavy (non-hydrogen) atoms. The highest BCUT2D eigenvalue weighted by molar-refractivity contribution is 5.89. The van der Waals surface area contributed by atoms with Gasteiger partial charge in [0.05, 0.1) is 22.2 Å². The van der Waals surface area contributed by atoms with Crippen molar-refractivity contribution in [3.63, 3.8) is 0 Å². The van der Waals surface area contributed by atoms with Crippen molar-refractivity contribution in [3.05, 3.63) is 70.3 Å². The molecule has 0 bridgehead atoms. The molecule has 0 aliphatic heterocycles. The lowest BCUT2D eigenvalue weighted by molar-refractivity contribution is 0.0211. The van der Waals surface area contributed by atoms with Gasteiger partial charge in [-0.15, -0.1) is 0 Å². The first-order valence-electron chi connectivity index (χ1n) is 9.43. The normalized spacial score (nSPS) is 15.0. The average Bonchev–Trinajstić information content (AvgIpc) is 2.69. The van der Waals surface area contributed by atoms with Crippen LogP contribution in [0.15, 0.2) is 53.3 Å². The fourth-order valence-electron chi connectivity index (χ4n) is 3.70. The third-order valence-electron chi connectivity index (χ3n) is 5.13. The Balaban J connectivity index is 1.62. The van der Waals surface area contributed by atoms with E-state index in [1.165, 1.54) is 6.42 Å². The van der Waals surface area contributed by atoms with Crippen LogP contribution in [-0.2, 0) is 4.74 Å². The summed E-state index contributed by atoms with van der Waals surface area (Å²) in [5.41, 5.74) is 1.76. The highest BCUT2D eigenvalue weighted by Crippen LogP contribution is 2.22. The van der Waals surface area contributed by atoms with Crippen molar-refractivity contribution < 1.29 is 9.53 Å². The zero-order valence-corrected chi connectivity index (χ0v) is 15.4. The van der Waals surface area contributed by atoms with Crippen LogP contribution in [0.4, 0.5) is 0 Å². The fourth-order valence-corrected chi connectivity index (χ4v) is 3.70. The Kier molecular flexibility index (Phi) is 4.75. The largest absolute Gasteiger partial charge is 0.459 e. The zero-order chi connectivity index (χ0) is 18.8. The van der Waals surface area contributed by atoms with Gasteiger partial charge in [-0.3, -0.25) is 9.36 Å². The Bertz CT molecular complexity index is 1030. The molecule has 0 N–H and O–H groups in total. The molecule has 1 aliphatic rings. The second kappa shape index (κ2) is 7.35. The second-order valence-corrected chi connectivity index (χ2v) is 7.03. The summed E-state index contributed by atoms with van der Waals surface area (Å²) >= 11 is 0. The summed E-state index contributed by atoms with van der Waals surface area (Å²) in [6.07, 6.45) is 5.38. The lowest BCUT2D eigenvalue weighted by Crippen LogP contribution is -2.23. The lowest BCUT2D eigenvalue weighted by Gasteiger charge is -2.21. The first kappa shape index (κ1) is 17.5. The number of carbonyl (C=O) groups is 1. The number of benzene rings is 2. The van der Waals surface area contributed by atoms with Gasteiger partial charge in [0, 0.05) is 0 Å². The van der Waals surface area contributed by atoms with E-state index in [4.69, 9.17) is 4.74 Å². The number of fused-ring (bicyclic) bond motifs is 1. The molecular weight excluding hydrogens is 340 g/mol. The average molecular weight is 362 g/mol. The number of ether oxygens (including phenoxy) is 1. The molecule has 0 saturated heterocycles. The number of hydrogen-bond donors (Lipinski definition) is 0. The molecule has 1 fully saturated rings. The van der Waals surface area contributed by atoms with Crippen LogP contribution in [0.25, 0.3) is 16.6 Å². The van der Waals surface area contributed by atoms with E-state index in [1.54, 1.807) is 41.8 Å². The molecule has 1 aromatic heterocycles. The molecule has 0 radical (unpaired) electrons. The van der Waals surface area contributed by atoms with E-state index in [-0.39, 0.29) is 17.6 Å². The first-order valence-corrected chi connectivity index (χ1v) is 9.43. The van der Waals surface area contributed by atoms with Crippen LogP contribution < -0.4 is 5.56 Å². The second-order valence-electron chi connectivity index (χ2n) is 7.03. The summed E-state index contributed by atoms with van der Waals surface area (Å²) in [4.78, 5) is 29.7. The number of aromatic nitrogens is 2. The van der Waals surface area contributed by atoms with Gasteiger partial charge in [0.2, 0.25) is 0 Å². The molecule has 0 atom stereocenters. The Labute approximate surface area is 157 Å². The van der Waals surface area contributed by atoms with Gasteiger partial charge < -0.3 is 4.74 Å². The zero-order valence-electron chi connectivity index (χ0n) is 15.4. The Morgan fingerprint density at radius 2 is 1.74 bits per heavy atom. The molecular formula is C22H22N2O3. The van der Waals surface area contributed by atoms with E-state index in [0.717, 1.165) is 25.7 Å². The van der Waals surface area contributed by atoms with E-state index in [1.807, 2.05) is 18.2 Å². The highest BCUT2D eigenvalue weighted by atomic mass is 16.5. The maximum atomic E-state index is 12.9. The monoisotopic (exact) mass is 362 g/mol. The van der Waals surface area contributed by atoms with Crippen LogP contribution in [0.1, 0.15) is 48.3 Å². The quantitative estimate of drug-likeness (QED) is 0.656. The van der Waals surface area contributed by atoms with Gasteiger partial charge in [-0.05, 0) is 69.0 Å². The van der Waals surface area contributed by atoms with Crippen molar-refractivity contribution in [3.8, 4) is 5.69 Å². The molecule has 0 unspecified atom stereocenters.